The lowest BCUT2D eigenvalue weighted by molar-refractivity contribution is 0.369. The van der Waals surface area contributed by atoms with E-state index >= 15 is 0 Å². The first-order valence-electron chi connectivity index (χ1n) is 6.60. The van der Waals surface area contributed by atoms with Crippen LogP contribution in [0, 0.1) is 5.92 Å². The van der Waals surface area contributed by atoms with E-state index in [1.165, 1.54) is 38.5 Å². The van der Waals surface area contributed by atoms with E-state index in [0.717, 1.165) is 6.42 Å². The van der Waals surface area contributed by atoms with Gasteiger partial charge in [-0.15, -0.1) is 0 Å². The standard InChI is InChI=1S/C13H29NOS/c1-5-7-8-9-10-12(6-2)11-13(3,4)16(14)15/h12H,5-11,14H2,1-4H3. The third kappa shape index (κ3) is 6.77. The second kappa shape index (κ2) is 8.37. The van der Waals surface area contributed by atoms with Crippen LogP contribution in [-0.2, 0) is 11.4 Å². The molecule has 0 aliphatic heterocycles. The fourth-order valence-corrected chi connectivity index (χ4v) is 2.49. The highest BCUT2D eigenvalue weighted by atomic mass is 32.2. The Balaban J connectivity index is 3.91. The number of unbranched alkanes of at least 4 members (excludes halogenated alkanes) is 3. The molecule has 0 radical (unpaired) electrons. The minimum Gasteiger partial charge on any atom is -0.598 e. The van der Waals surface area contributed by atoms with E-state index in [-0.39, 0.29) is 4.75 Å². The quantitative estimate of drug-likeness (QED) is 0.498. The predicted molar refractivity (Wildman–Crippen MR) is 73.6 cm³/mol. The lowest BCUT2D eigenvalue weighted by atomic mass is 9.89. The van der Waals surface area contributed by atoms with E-state index in [4.69, 9.17) is 5.14 Å². The Morgan fingerprint density at radius 3 is 2.25 bits per heavy atom. The van der Waals surface area contributed by atoms with Crippen molar-refractivity contribution in [1.29, 1.82) is 0 Å². The van der Waals surface area contributed by atoms with Crippen molar-refractivity contribution in [3.63, 3.8) is 0 Å². The molecule has 0 aromatic heterocycles. The van der Waals surface area contributed by atoms with Gasteiger partial charge in [0, 0.05) is 17.8 Å². The summed E-state index contributed by atoms with van der Waals surface area (Å²) in [5, 5.41) is 5.52. The molecule has 0 saturated heterocycles. The van der Waals surface area contributed by atoms with Crippen molar-refractivity contribution in [2.24, 2.45) is 11.1 Å². The van der Waals surface area contributed by atoms with Crippen LogP contribution in [0.4, 0.5) is 0 Å². The fraction of sp³-hybridized carbons (Fsp3) is 1.00. The number of rotatable bonds is 9. The monoisotopic (exact) mass is 247 g/mol. The molecule has 2 N–H and O–H groups in total. The van der Waals surface area contributed by atoms with Crippen molar-refractivity contribution < 1.29 is 4.55 Å². The van der Waals surface area contributed by atoms with Gasteiger partial charge in [0.05, 0.1) is 0 Å². The molecule has 0 bridgehead atoms. The van der Waals surface area contributed by atoms with Crippen LogP contribution in [0.2, 0.25) is 0 Å². The maximum atomic E-state index is 11.4. The molecule has 0 aromatic carbocycles. The van der Waals surface area contributed by atoms with E-state index < -0.39 is 11.4 Å². The molecule has 0 amide bonds. The summed E-state index contributed by atoms with van der Waals surface area (Å²) in [5.41, 5.74) is 0. The predicted octanol–water partition coefficient (Wildman–Crippen LogP) is 3.77. The van der Waals surface area contributed by atoms with Gasteiger partial charge in [0.1, 0.15) is 4.75 Å². The molecule has 0 saturated carbocycles. The van der Waals surface area contributed by atoms with Crippen molar-refractivity contribution in [1.82, 2.24) is 0 Å². The normalized spacial score (nSPS) is 16.1. The number of hydrogen-bond donors (Lipinski definition) is 1. The van der Waals surface area contributed by atoms with Gasteiger partial charge < -0.3 is 4.55 Å². The third-order valence-corrected chi connectivity index (χ3v) is 4.62. The van der Waals surface area contributed by atoms with Crippen LogP contribution in [0.3, 0.4) is 0 Å². The van der Waals surface area contributed by atoms with Gasteiger partial charge in [0.25, 0.3) is 0 Å². The van der Waals surface area contributed by atoms with Gasteiger partial charge >= 0.3 is 0 Å². The molecule has 0 spiro atoms. The molecular weight excluding hydrogens is 218 g/mol. The molecule has 0 rings (SSSR count). The van der Waals surface area contributed by atoms with Crippen molar-refractivity contribution >= 4 is 11.4 Å². The maximum absolute atomic E-state index is 11.4. The summed E-state index contributed by atoms with van der Waals surface area (Å²) < 4.78 is 11.2. The molecule has 2 nitrogen and oxygen atoms in total. The zero-order valence-corrected chi connectivity index (χ0v) is 12.2. The van der Waals surface area contributed by atoms with Crippen molar-refractivity contribution in [3.05, 3.63) is 0 Å². The molecule has 16 heavy (non-hydrogen) atoms. The Bertz CT molecular complexity index is 171. The summed E-state index contributed by atoms with van der Waals surface area (Å²) in [6.45, 7) is 8.48. The number of hydrogen-bond acceptors (Lipinski definition) is 2. The topological polar surface area (TPSA) is 49.1 Å². The molecule has 2 atom stereocenters. The van der Waals surface area contributed by atoms with Gasteiger partial charge in [-0.05, 0) is 19.8 Å². The van der Waals surface area contributed by atoms with Crippen LogP contribution in [-0.4, -0.2) is 9.30 Å². The Kier molecular flexibility index (Phi) is 8.52. The molecule has 0 heterocycles. The Hall–Kier alpha value is 0.270. The van der Waals surface area contributed by atoms with Crippen molar-refractivity contribution in [2.75, 3.05) is 0 Å². The Morgan fingerprint density at radius 1 is 1.19 bits per heavy atom. The summed E-state index contributed by atoms with van der Waals surface area (Å²) >= 11 is -1.21. The summed E-state index contributed by atoms with van der Waals surface area (Å²) in [6.07, 6.45) is 8.68. The summed E-state index contributed by atoms with van der Waals surface area (Å²) in [7, 11) is 0. The van der Waals surface area contributed by atoms with E-state index in [1.54, 1.807) is 0 Å². The van der Waals surface area contributed by atoms with Gasteiger partial charge in [-0.1, -0.05) is 52.4 Å². The molecule has 0 aromatic rings. The number of nitrogens with two attached hydrogens (primary N) is 1. The summed E-state index contributed by atoms with van der Waals surface area (Å²) in [5.74, 6) is 0.680. The minimum atomic E-state index is -1.21. The highest BCUT2D eigenvalue weighted by molar-refractivity contribution is 7.90. The Labute approximate surface area is 105 Å². The zero-order valence-electron chi connectivity index (χ0n) is 11.4. The summed E-state index contributed by atoms with van der Waals surface area (Å²) in [6, 6.07) is 0. The molecule has 98 valence electrons. The fourth-order valence-electron chi connectivity index (χ4n) is 2.09. The largest absolute Gasteiger partial charge is 0.598 e. The lowest BCUT2D eigenvalue weighted by Gasteiger charge is -2.28. The van der Waals surface area contributed by atoms with Gasteiger partial charge in [-0.2, -0.15) is 5.14 Å². The first-order chi connectivity index (χ1) is 7.44. The van der Waals surface area contributed by atoms with Gasteiger partial charge in [0.2, 0.25) is 0 Å². The maximum Gasteiger partial charge on any atom is 0.139 e. The molecule has 2 unspecified atom stereocenters. The average molecular weight is 247 g/mol. The molecule has 0 aliphatic carbocycles. The van der Waals surface area contributed by atoms with Crippen molar-refractivity contribution in [2.45, 2.75) is 77.4 Å². The van der Waals surface area contributed by atoms with Crippen LogP contribution in [0.1, 0.15) is 72.6 Å². The van der Waals surface area contributed by atoms with E-state index in [9.17, 15) is 4.55 Å². The van der Waals surface area contributed by atoms with E-state index in [2.05, 4.69) is 13.8 Å². The molecule has 0 aliphatic rings. The molecular formula is C13H29NOS. The van der Waals surface area contributed by atoms with Crippen LogP contribution >= 0.6 is 0 Å². The SMILES string of the molecule is CCCCCCC(CC)CC(C)(C)[S+](N)[O-]. The minimum absolute atomic E-state index is 0.231. The van der Waals surface area contributed by atoms with Gasteiger partial charge in [-0.3, -0.25) is 0 Å². The smallest absolute Gasteiger partial charge is 0.139 e. The van der Waals surface area contributed by atoms with Crippen molar-refractivity contribution in [3.8, 4) is 0 Å². The van der Waals surface area contributed by atoms with Crippen LogP contribution < -0.4 is 5.14 Å². The van der Waals surface area contributed by atoms with E-state index in [0.29, 0.717) is 5.92 Å². The lowest BCUT2D eigenvalue weighted by Crippen LogP contribution is -2.39. The first kappa shape index (κ1) is 16.3. The van der Waals surface area contributed by atoms with Crippen LogP contribution in [0.25, 0.3) is 0 Å². The first-order valence-corrected chi connectivity index (χ1v) is 7.81. The van der Waals surface area contributed by atoms with Crippen LogP contribution in [0.15, 0.2) is 0 Å². The molecule has 3 heteroatoms. The second-order valence-electron chi connectivity index (χ2n) is 5.38. The van der Waals surface area contributed by atoms with Crippen LogP contribution in [0.5, 0.6) is 0 Å². The highest BCUT2D eigenvalue weighted by Crippen LogP contribution is 2.28. The van der Waals surface area contributed by atoms with E-state index in [1.807, 2.05) is 13.8 Å². The summed E-state index contributed by atoms with van der Waals surface area (Å²) in [4.78, 5) is 0. The second-order valence-corrected chi connectivity index (χ2v) is 7.08. The average Bonchev–Trinajstić information content (AvgIpc) is 2.22. The molecule has 0 fully saturated rings. The third-order valence-electron chi connectivity index (χ3n) is 3.37. The van der Waals surface area contributed by atoms with Gasteiger partial charge in [-0.25, -0.2) is 0 Å². The highest BCUT2D eigenvalue weighted by Gasteiger charge is 2.32. The zero-order chi connectivity index (χ0) is 12.6. The Morgan fingerprint density at radius 2 is 1.81 bits per heavy atom. The van der Waals surface area contributed by atoms with Gasteiger partial charge in [0.15, 0.2) is 0 Å².